The third-order valence-electron chi connectivity index (χ3n) is 5.23. The van der Waals surface area contributed by atoms with Crippen LogP contribution in [0.3, 0.4) is 0 Å². The molecule has 1 unspecified atom stereocenters. The van der Waals surface area contributed by atoms with Gasteiger partial charge in [0.15, 0.2) is 5.78 Å². The third kappa shape index (κ3) is 4.07. The van der Waals surface area contributed by atoms with Gasteiger partial charge in [0, 0.05) is 34.4 Å². The number of carboxylic acids is 1. The van der Waals surface area contributed by atoms with Crippen LogP contribution >= 0.6 is 11.3 Å². The van der Waals surface area contributed by atoms with E-state index in [4.69, 9.17) is 0 Å². The van der Waals surface area contributed by atoms with Crippen LogP contribution in [0.4, 0.5) is 0 Å². The van der Waals surface area contributed by atoms with Crippen LogP contribution < -0.4 is 0 Å². The molecule has 1 fully saturated rings. The van der Waals surface area contributed by atoms with E-state index in [2.05, 4.69) is 22.1 Å². The van der Waals surface area contributed by atoms with Gasteiger partial charge < -0.3 is 9.67 Å². The fourth-order valence-electron chi connectivity index (χ4n) is 3.49. The van der Waals surface area contributed by atoms with Crippen molar-refractivity contribution < 1.29 is 14.7 Å². The normalized spacial score (nSPS) is 15.4. The van der Waals surface area contributed by atoms with E-state index >= 15 is 0 Å². The van der Waals surface area contributed by atoms with Crippen molar-refractivity contribution >= 4 is 23.1 Å². The molecular weight excluding hydrogens is 348 g/mol. The van der Waals surface area contributed by atoms with Gasteiger partial charge in [0.25, 0.3) is 0 Å². The Morgan fingerprint density at radius 3 is 2.69 bits per heavy atom. The van der Waals surface area contributed by atoms with Gasteiger partial charge >= 0.3 is 5.97 Å². The predicted molar refractivity (Wildman–Crippen MR) is 103 cm³/mol. The molecule has 1 atom stereocenters. The van der Waals surface area contributed by atoms with E-state index in [1.807, 2.05) is 24.8 Å². The Hall–Kier alpha value is -1.92. The number of carboxylic acid groups (broad SMARTS) is 1. The molecule has 26 heavy (non-hydrogen) atoms. The highest BCUT2D eigenvalue weighted by atomic mass is 32.1. The van der Waals surface area contributed by atoms with E-state index in [1.165, 1.54) is 4.88 Å². The molecule has 0 radical (unpaired) electrons. The van der Waals surface area contributed by atoms with Gasteiger partial charge in [0.1, 0.15) is 6.04 Å². The molecule has 140 valence electrons. The zero-order chi connectivity index (χ0) is 18.8. The van der Waals surface area contributed by atoms with E-state index in [0.717, 1.165) is 42.8 Å². The Bertz CT molecular complexity index is 790. The first-order chi connectivity index (χ1) is 12.4. The summed E-state index contributed by atoms with van der Waals surface area (Å²) in [5, 5.41) is 11.4. The predicted octanol–water partition coefficient (Wildman–Crippen LogP) is 3.53. The molecule has 6 heteroatoms. The van der Waals surface area contributed by atoms with Gasteiger partial charge in [-0.2, -0.15) is 0 Å². The molecule has 3 rings (SSSR count). The minimum atomic E-state index is -0.869. The van der Waals surface area contributed by atoms with Crippen molar-refractivity contribution in [2.75, 3.05) is 6.54 Å². The maximum absolute atomic E-state index is 12.9. The summed E-state index contributed by atoms with van der Waals surface area (Å²) in [4.78, 5) is 27.4. The molecule has 0 bridgehead atoms. The largest absolute Gasteiger partial charge is 0.480 e. The minimum Gasteiger partial charge on any atom is -0.480 e. The van der Waals surface area contributed by atoms with Gasteiger partial charge in [-0.05, 0) is 57.5 Å². The molecule has 0 amide bonds. The average Bonchev–Trinajstić information content (AvgIpc) is 3.23. The second kappa shape index (κ2) is 7.76. The molecule has 1 saturated carbocycles. The number of aliphatic carboxylic acids is 1. The summed E-state index contributed by atoms with van der Waals surface area (Å²) >= 11 is 1.75. The maximum atomic E-state index is 12.9. The summed E-state index contributed by atoms with van der Waals surface area (Å²) in [7, 11) is 0. The summed E-state index contributed by atoms with van der Waals surface area (Å²) in [5.41, 5.74) is 2.77. The van der Waals surface area contributed by atoms with Crippen LogP contribution in [0.15, 0.2) is 23.6 Å². The fraction of sp³-hybridized carbons (Fsp3) is 0.500. The average molecular weight is 375 g/mol. The molecule has 2 heterocycles. The smallest absolute Gasteiger partial charge is 0.320 e. The topological polar surface area (TPSA) is 62.5 Å². The first-order valence-electron chi connectivity index (χ1n) is 9.09. The summed E-state index contributed by atoms with van der Waals surface area (Å²) in [5.74, 6) is -0.855. The van der Waals surface area contributed by atoms with Crippen LogP contribution in [0, 0.1) is 13.8 Å². The number of aromatic nitrogens is 1. The van der Waals surface area contributed by atoms with Gasteiger partial charge in [0.05, 0.1) is 6.54 Å². The molecular formula is C20H26N2O3S. The van der Waals surface area contributed by atoms with Crippen molar-refractivity contribution in [2.24, 2.45) is 0 Å². The first kappa shape index (κ1) is 18.9. The van der Waals surface area contributed by atoms with E-state index in [0.29, 0.717) is 0 Å². The Morgan fingerprint density at radius 2 is 2.12 bits per heavy atom. The van der Waals surface area contributed by atoms with Crippen molar-refractivity contribution in [1.82, 2.24) is 9.47 Å². The molecule has 1 aliphatic carbocycles. The van der Waals surface area contributed by atoms with Crippen LogP contribution in [0.1, 0.15) is 46.4 Å². The maximum Gasteiger partial charge on any atom is 0.320 e. The summed E-state index contributed by atoms with van der Waals surface area (Å²) in [6.07, 6.45) is 2.90. The number of carbonyl (C=O) groups is 2. The quantitative estimate of drug-likeness (QED) is 0.682. The lowest BCUT2D eigenvalue weighted by atomic mass is 10.1. The number of aryl methyl sites for hydroxylation is 2. The molecule has 1 N–H and O–H groups in total. The Balaban J connectivity index is 1.72. The number of rotatable bonds is 9. The van der Waals surface area contributed by atoms with Crippen molar-refractivity contribution in [2.45, 2.75) is 58.7 Å². The first-order valence-corrected chi connectivity index (χ1v) is 9.97. The van der Waals surface area contributed by atoms with Crippen molar-refractivity contribution in [1.29, 1.82) is 0 Å². The van der Waals surface area contributed by atoms with Crippen LogP contribution in [0.5, 0.6) is 0 Å². The summed E-state index contributed by atoms with van der Waals surface area (Å²) < 4.78 is 2.19. The van der Waals surface area contributed by atoms with Crippen molar-refractivity contribution in [3.8, 4) is 0 Å². The van der Waals surface area contributed by atoms with E-state index in [1.54, 1.807) is 18.3 Å². The molecule has 1 aliphatic rings. The lowest BCUT2D eigenvalue weighted by Gasteiger charge is -2.25. The number of ketones is 1. The highest BCUT2D eigenvalue weighted by molar-refractivity contribution is 7.09. The second-order valence-corrected chi connectivity index (χ2v) is 8.14. The highest BCUT2D eigenvalue weighted by Crippen LogP contribution is 2.29. The molecule has 0 aliphatic heterocycles. The number of carbonyl (C=O) groups excluding carboxylic acids is 1. The molecule has 0 aromatic carbocycles. The van der Waals surface area contributed by atoms with E-state index in [-0.39, 0.29) is 18.4 Å². The fourth-order valence-corrected chi connectivity index (χ4v) is 4.18. The minimum absolute atomic E-state index is 0.0143. The lowest BCUT2D eigenvalue weighted by molar-refractivity contribution is -0.142. The Kier molecular flexibility index (Phi) is 5.63. The SMILES string of the molecule is Cc1cc(C(=O)CN(C2CC2)C(C)C(=O)O)c(C)n1CCc1cccs1. The van der Waals surface area contributed by atoms with Gasteiger partial charge in [-0.1, -0.05) is 6.07 Å². The third-order valence-corrected chi connectivity index (χ3v) is 6.17. The van der Waals surface area contributed by atoms with Crippen LogP contribution in [0.25, 0.3) is 0 Å². The monoisotopic (exact) mass is 374 g/mol. The van der Waals surface area contributed by atoms with Gasteiger partial charge in [-0.25, -0.2) is 0 Å². The van der Waals surface area contributed by atoms with Gasteiger partial charge in [-0.3, -0.25) is 14.5 Å². The van der Waals surface area contributed by atoms with E-state index in [9.17, 15) is 14.7 Å². The summed E-state index contributed by atoms with van der Waals surface area (Å²) in [6.45, 7) is 6.70. The number of Topliss-reactive ketones (excluding diaryl/α,β-unsaturated/α-hetero) is 1. The number of thiophene rings is 1. The Labute approximate surface area is 158 Å². The standard InChI is InChI=1S/C20H26N2O3S/c1-13-11-18(14(2)21(13)9-8-17-5-4-10-26-17)19(23)12-22(16-6-7-16)15(3)20(24)25/h4-5,10-11,15-16H,6-9,12H2,1-3H3,(H,24,25). The molecule has 0 spiro atoms. The van der Waals surface area contributed by atoms with Crippen LogP contribution in [-0.2, 0) is 17.8 Å². The number of nitrogens with zero attached hydrogens (tertiary/aromatic N) is 2. The van der Waals surface area contributed by atoms with Crippen LogP contribution in [0.2, 0.25) is 0 Å². The number of hydrogen-bond donors (Lipinski definition) is 1. The van der Waals surface area contributed by atoms with Gasteiger partial charge in [-0.15, -0.1) is 11.3 Å². The van der Waals surface area contributed by atoms with Crippen LogP contribution in [-0.4, -0.2) is 45.0 Å². The van der Waals surface area contributed by atoms with Crippen molar-refractivity contribution in [3.05, 3.63) is 45.4 Å². The molecule has 0 saturated heterocycles. The van der Waals surface area contributed by atoms with Gasteiger partial charge in [0.2, 0.25) is 0 Å². The molecule has 2 aromatic rings. The molecule has 2 aromatic heterocycles. The van der Waals surface area contributed by atoms with Crippen molar-refractivity contribution in [3.63, 3.8) is 0 Å². The summed E-state index contributed by atoms with van der Waals surface area (Å²) in [6, 6.07) is 5.73. The zero-order valence-corrected chi connectivity index (χ0v) is 16.4. The Morgan fingerprint density at radius 1 is 1.38 bits per heavy atom. The lowest BCUT2D eigenvalue weighted by Crippen LogP contribution is -2.43. The number of hydrogen-bond acceptors (Lipinski definition) is 4. The molecule has 5 nitrogen and oxygen atoms in total. The highest BCUT2D eigenvalue weighted by Gasteiger charge is 2.36. The second-order valence-electron chi connectivity index (χ2n) is 7.11. The zero-order valence-electron chi connectivity index (χ0n) is 15.6. The van der Waals surface area contributed by atoms with E-state index < -0.39 is 12.0 Å².